The van der Waals surface area contributed by atoms with E-state index in [1.165, 1.54) is 17.8 Å². The normalized spacial score (nSPS) is 22.7. The van der Waals surface area contributed by atoms with Crippen LogP contribution in [0.2, 0.25) is 0 Å². The number of rotatable bonds is 4. The lowest BCUT2D eigenvalue weighted by Crippen LogP contribution is -2.19. The average Bonchev–Trinajstić information content (AvgIpc) is 2.63. The van der Waals surface area contributed by atoms with Gasteiger partial charge >= 0.3 is 5.97 Å². The summed E-state index contributed by atoms with van der Waals surface area (Å²) < 4.78 is 0. The molecular formula is C11H15NO2S. The smallest absolute Gasteiger partial charge is 0.345 e. The lowest BCUT2D eigenvalue weighted by molar-refractivity contribution is 0.0702. The number of nitrogens with one attached hydrogen (secondary N) is 1. The van der Waals surface area contributed by atoms with Crippen LogP contribution >= 0.6 is 11.3 Å². The number of carboxylic acids is 1. The molecule has 0 aromatic carbocycles. The topological polar surface area (TPSA) is 49.3 Å². The molecule has 3 nitrogen and oxygen atoms in total. The Hall–Kier alpha value is -0.870. The zero-order chi connectivity index (χ0) is 11.1. The lowest BCUT2D eigenvalue weighted by Gasteiger charge is -2.04. The molecule has 0 amide bonds. The Morgan fingerprint density at radius 1 is 1.67 bits per heavy atom. The highest BCUT2D eigenvalue weighted by Crippen LogP contribution is 2.44. The van der Waals surface area contributed by atoms with Gasteiger partial charge < -0.3 is 10.4 Å². The van der Waals surface area contributed by atoms with E-state index in [0.29, 0.717) is 16.3 Å². The summed E-state index contributed by atoms with van der Waals surface area (Å²) in [4.78, 5) is 12.2. The molecule has 82 valence electrons. The van der Waals surface area contributed by atoms with Crippen LogP contribution in [0.1, 0.15) is 34.8 Å². The molecule has 15 heavy (non-hydrogen) atoms. The van der Waals surface area contributed by atoms with E-state index in [1.807, 2.05) is 6.07 Å². The molecule has 0 aliphatic heterocycles. The van der Waals surface area contributed by atoms with Gasteiger partial charge in [-0.25, -0.2) is 4.79 Å². The number of aromatic carboxylic acids is 1. The second-order valence-corrected chi connectivity index (χ2v) is 5.87. The number of carbonyl (C=O) groups is 1. The summed E-state index contributed by atoms with van der Waals surface area (Å²) in [6, 6.07) is 4.14. The predicted octanol–water partition coefficient (Wildman–Crippen LogP) is 2.33. The third kappa shape index (κ3) is 2.38. The van der Waals surface area contributed by atoms with Gasteiger partial charge in [-0.05, 0) is 24.0 Å². The quantitative estimate of drug-likeness (QED) is 0.827. The Kier molecular flexibility index (Phi) is 2.56. The molecule has 0 spiro atoms. The van der Waals surface area contributed by atoms with Gasteiger partial charge in [0.2, 0.25) is 0 Å². The van der Waals surface area contributed by atoms with Crippen molar-refractivity contribution in [1.82, 2.24) is 5.32 Å². The molecule has 1 aromatic heterocycles. The highest BCUT2D eigenvalue weighted by Gasteiger charge is 2.44. The fourth-order valence-corrected chi connectivity index (χ4v) is 2.42. The number of carboxylic acid groups (broad SMARTS) is 1. The Bertz CT molecular complexity index is 384. The lowest BCUT2D eigenvalue weighted by atomic mass is 10.2. The van der Waals surface area contributed by atoms with Crippen LogP contribution in [0.3, 0.4) is 0 Å². The molecule has 1 atom stereocenters. The molecular weight excluding hydrogens is 210 g/mol. The standard InChI is InChI=1S/C11H15NO2S/c1-11(2)5-9(11)12-6-7-3-4-8(15-7)10(13)14/h3-4,9,12H,5-6H2,1-2H3,(H,13,14). The van der Waals surface area contributed by atoms with Crippen molar-refractivity contribution in [3.05, 3.63) is 21.9 Å². The van der Waals surface area contributed by atoms with Crippen LogP contribution in [0, 0.1) is 5.41 Å². The molecule has 0 bridgehead atoms. The molecule has 1 aromatic rings. The first kappa shape index (κ1) is 10.6. The van der Waals surface area contributed by atoms with Gasteiger partial charge in [-0.1, -0.05) is 13.8 Å². The van der Waals surface area contributed by atoms with Crippen molar-refractivity contribution in [2.24, 2.45) is 5.41 Å². The fraction of sp³-hybridized carbons (Fsp3) is 0.545. The molecule has 1 aliphatic rings. The minimum Gasteiger partial charge on any atom is -0.477 e. The van der Waals surface area contributed by atoms with Gasteiger partial charge in [-0.2, -0.15) is 0 Å². The van der Waals surface area contributed by atoms with Gasteiger partial charge in [0.1, 0.15) is 4.88 Å². The monoisotopic (exact) mass is 225 g/mol. The Labute approximate surface area is 93.1 Å². The third-order valence-electron chi connectivity index (χ3n) is 2.91. The number of hydrogen-bond donors (Lipinski definition) is 2. The van der Waals surface area contributed by atoms with Gasteiger partial charge in [0.15, 0.2) is 0 Å². The first-order valence-corrected chi connectivity index (χ1v) is 5.86. The maximum Gasteiger partial charge on any atom is 0.345 e. The van der Waals surface area contributed by atoms with Crippen molar-refractivity contribution in [3.8, 4) is 0 Å². The second kappa shape index (κ2) is 3.61. The largest absolute Gasteiger partial charge is 0.477 e. The van der Waals surface area contributed by atoms with Gasteiger partial charge in [-0.3, -0.25) is 0 Å². The van der Waals surface area contributed by atoms with Crippen LogP contribution in [0.5, 0.6) is 0 Å². The second-order valence-electron chi connectivity index (χ2n) is 4.70. The Balaban J connectivity index is 1.86. The summed E-state index contributed by atoms with van der Waals surface area (Å²) in [6.07, 6.45) is 1.21. The van der Waals surface area contributed by atoms with Gasteiger partial charge in [0.25, 0.3) is 0 Å². The molecule has 1 heterocycles. The van der Waals surface area contributed by atoms with E-state index in [4.69, 9.17) is 5.11 Å². The molecule has 2 N–H and O–H groups in total. The third-order valence-corrected chi connectivity index (χ3v) is 3.98. The van der Waals surface area contributed by atoms with Crippen molar-refractivity contribution in [1.29, 1.82) is 0 Å². The van der Waals surface area contributed by atoms with E-state index < -0.39 is 5.97 Å². The first-order valence-electron chi connectivity index (χ1n) is 5.04. The predicted molar refractivity (Wildman–Crippen MR) is 60.3 cm³/mol. The van der Waals surface area contributed by atoms with Crippen LogP contribution in [-0.2, 0) is 6.54 Å². The van der Waals surface area contributed by atoms with Gasteiger partial charge in [0, 0.05) is 17.5 Å². The van der Waals surface area contributed by atoms with E-state index in [1.54, 1.807) is 6.07 Å². The van der Waals surface area contributed by atoms with Crippen molar-refractivity contribution >= 4 is 17.3 Å². The molecule has 4 heteroatoms. The molecule has 1 fully saturated rings. The molecule has 1 aliphatic carbocycles. The van der Waals surface area contributed by atoms with Crippen LogP contribution in [-0.4, -0.2) is 17.1 Å². The summed E-state index contributed by atoms with van der Waals surface area (Å²) in [5.74, 6) is -0.835. The van der Waals surface area contributed by atoms with Crippen LogP contribution in [0.4, 0.5) is 0 Å². The summed E-state index contributed by atoms with van der Waals surface area (Å²) in [7, 11) is 0. The van der Waals surface area contributed by atoms with Crippen LogP contribution < -0.4 is 5.32 Å². The van der Waals surface area contributed by atoms with Crippen molar-refractivity contribution in [2.75, 3.05) is 0 Å². The zero-order valence-corrected chi connectivity index (χ0v) is 9.73. The fourth-order valence-electron chi connectivity index (χ4n) is 1.63. The van der Waals surface area contributed by atoms with Gasteiger partial charge in [0.05, 0.1) is 0 Å². The average molecular weight is 225 g/mol. The summed E-state index contributed by atoms with van der Waals surface area (Å²) in [5.41, 5.74) is 0.423. The van der Waals surface area contributed by atoms with E-state index in [9.17, 15) is 4.79 Å². The Morgan fingerprint density at radius 2 is 2.33 bits per heavy atom. The van der Waals surface area contributed by atoms with Crippen molar-refractivity contribution in [2.45, 2.75) is 32.9 Å². The minimum absolute atomic E-state index is 0.418. The molecule has 1 saturated carbocycles. The molecule has 0 saturated heterocycles. The Morgan fingerprint density at radius 3 is 2.80 bits per heavy atom. The van der Waals surface area contributed by atoms with Crippen LogP contribution in [0.15, 0.2) is 12.1 Å². The number of thiophene rings is 1. The first-order chi connectivity index (χ1) is 6.99. The van der Waals surface area contributed by atoms with E-state index in [-0.39, 0.29) is 0 Å². The van der Waals surface area contributed by atoms with Crippen LogP contribution in [0.25, 0.3) is 0 Å². The van der Waals surface area contributed by atoms with Crippen molar-refractivity contribution in [3.63, 3.8) is 0 Å². The van der Waals surface area contributed by atoms with E-state index >= 15 is 0 Å². The number of hydrogen-bond acceptors (Lipinski definition) is 3. The molecule has 2 rings (SSSR count). The summed E-state index contributed by atoms with van der Waals surface area (Å²) in [5, 5.41) is 12.2. The molecule has 0 radical (unpaired) electrons. The summed E-state index contributed by atoms with van der Waals surface area (Å²) in [6.45, 7) is 5.26. The zero-order valence-electron chi connectivity index (χ0n) is 8.91. The van der Waals surface area contributed by atoms with E-state index in [2.05, 4.69) is 19.2 Å². The SMILES string of the molecule is CC1(C)CC1NCc1ccc(C(=O)O)s1. The van der Waals surface area contributed by atoms with E-state index in [0.717, 1.165) is 11.4 Å². The maximum absolute atomic E-state index is 10.7. The highest BCUT2D eigenvalue weighted by atomic mass is 32.1. The van der Waals surface area contributed by atoms with Gasteiger partial charge in [-0.15, -0.1) is 11.3 Å². The minimum atomic E-state index is -0.835. The highest BCUT2D eigenvalue weighted by molar-refractivity contribution is 7.13. The maximum atomic E-state index is 10.7. The summed E-state index contributed by atoms with van der Waals surface area (Å²) >= 11 is 1.35. The van der Waals surface area contributed by atoms with Crippen molar-refractivity contribution < 1.29 is 9.90 Å². The molecule has 1 unspecified atom stereocenters.